The Labute approximate surface area is 114 Å². The molecule has 4 rings (SSSR count). The third kappa shape index (κ3) is 1.36. The first-order chi connectivity index (χ1) is 9.75. The maximum atomic E-state index is 11.3. The number of rotatable bonds is 1. The average molecular weight is 263 g/mol. The summed E-state index contributed by atoms with van der Waals surface area (Å²) in [6, 6.07) is 16.5. The molecule has 0 aliphatic carbocycles. The Morgan fingerprint density at radius 2 is 1.60 bits per heavy atom. The summed E-state index contributed by atoms with van der Waals surface area (Å²) in [5, 5.41) is 13.2. The fourth-order valence-electron chi connectivity index (χ4n) is 2.75. The minimum absolute atomic E-state index is 0.0736. The standard InChI is InChI=1S/C16H9NO3/c18-17(19)12-7-3-9-14-16(12)11-6-1-4-10-5-2-8-13(20-14)15(10)11/h1-9H. The van der Waals surface area contributed by atoms with Crippen molar-refractivity contribution in [2.75, 3.05) is 0 Å². The van der Waals surface area contributed by atoms with Crippen LogP contribution < -0.4 is 4.74 Å². The minimum atomic E-state index is -0.366. The summed E-state index contributed by atoms with van der Waals surface area (Å²) in [6.45, 7) is 0. The van der Waals surface area contributed by atoms with Crippen LogP contribution in [0, 0.1) is 10.1 Å². The lowest BCUT2D eigenvalue weighted by Gasteiger charge is -2.20. The number of hydrogen-bond acceptors (Lipinski definition) is 3. The molecule has 1 heterocycles. The van der Waals surface area contributed by atoms with Crippen molar-refractivity contribution < 1.29 is 9.66 Å². The molecule has 1 aliphatic rings. The van der Waals surface area contributed by atoms with Gasteiger partial charge in [0.2, 0.25) is 0 Å². The van der Waals surface area contributed by atoms with Crippen LogP contribution in [0.4, 0.5) is 5.69 Å². The Morgan fingerprint density at radius 3 is 2.40 bits per heavy atom. The Balaban J connectivity index is 2.18. The number of nitro benzene ring substituents is 1. The normalized spacial score (nSPS) is 11.8. The molecule has 0 unspecified atom stereocenters. The second-order valence-electron chi connectivity index (χ2n) is 4.67. The summed E-state index contributed by atoms with van der Waals surface area (Å²) < 4.78 is 5.84. The van der Waals surface area contributed by atoms with Crippen LogP contribution in [0.2, 0.25) is 0 Å². The quantitative estimate of drug-likeness (QED) is 0.374. The van der Waals surface area contributed by atoms with Crippen molar-refractivity contribution in [3.8, 4) is 22.6 Å². The highest BCUT2D eigenvalue weighted by atomic mass is 16.6. The van der Waals surface area contributed by atoms with Crippen LogP contribution in [-0.4, -0.2) is 4.92 Å². The maximum Gasteiger partial charge on any atom is 0.280 e. The molecule has 4 nitrogen and oxygen atoms in total. The van der Waals surface area contributed by atoms with Crippen LogP contribution in [0.1, 0.15) is 0 Å². The number of nitro groups is 1. The molecule has 0 atom stereocenters. The van der Waals surface area contributed by atoms with E-state index in [1.54, 1.807) is 12.1 Å². The molecule has 3 aromatic carbocycles. The van der Waals surface area contributed by atoms with E-state index >= 15 is 0 Å². The number of ether oxygens (including phenoxy) is 1. The molecule has 0 bridgehead atoms. The van der Waals surface area contributed by atoms with Gasteiger partial charge in [0.25, 0.3) is 5.69 Å². The molecule has 4 heteroatoms. The SMILES string of the molecule is O=[N+]([O-])c1cccc2c1-c1cccc3cccc(c13)O2. The number of nitrogens with zero attached hydrogens (tertiary/aromatic N) is 1. The van der Waals surface area contributed by atoms with E-state index in [0.717, 1.165) is 22.1 Å². The summed E-state index contributed by atoms with van der Waals surface area (Å²) in [4.78, 5) is 10.9. The largest absolute Gasteiger partial charge is 0.456 e. The Morgan fingerprint density at radius 1 is 0.900 bits per heavy atom. The lowest BCUT2D eigenvalue weighted by molar-refractivity contribution is -0.384. The predicted molar refractivity (Wildman–Crippen MR) is 76.1 cm³/mol. The van der Waals surface area contributed by atoms with Gasteiger partial charge in [-0.05, 0) is 17.5 Å². The monoisotopic (exact) mass is 263 g/mol. The molecule has 96 valence electrons. The average Bonchev–Trinajstić information content (AvgIpc) is 2.47. The molecule has 0 spiro atoms. The van der Waals surface area contributed by atoms with E-state index in [-0.39, 0.29) is 10.6 Å². The van der Waals surface area contributed by atoms with Gasteiger partial charge in [0, 0.05) is 17.0 Å². The van der Waals surface area contributed by atoms with E-state index in [1.165, 1.54) is 6.07 Å². The van der Waals surface area contributed by atoms with Gasteiger partial charge in [0.15, 0.2) is 0 Å². The molecule has 0 saturated carbocycles. The molecule has 0 fully saturated rings. The van der Waals surface area contributed by atoms with E-state index in [0.29, 0.717) is 11.3 Å². The number of fused-ring (bicyclic) bond motifs is 2. The zero-order chi connectivity index (χ0) is 13.7. The first kappa shape index (κ1) is 11.0. The Hall–Kier alpha value is -2.88. The van der Waals surface area contributed by atoms with Gasteiger partial charge in [-0.25, -0.2) is 0 Å². The molecule has 3 aromatic rings. The minimum Gasteiger partial charge on any atom is -0.456 e. The first-order valence-electron chi connectivity index (χ1n) is 6.23. The number of benzene rings is 3. The van der Waals surface area contributed by atoms with E-state index < -0.39 is 0 Å². The van der Waals surface area contributed by atoms with Crippen LogP contribution >= 0.6 is 0 Å². The van der Waals surface area contributed by atoms with Crippen molar-refractivity contribution >= 4 is 16.5 Å². The zero-order valence-electron chi connectivity index (χ0n) is 10.4. The van der Waals surface area contributed by atoms with Crippen LogP contribution in [-0.2, 0) is 0 Å². The van der Waals surface area contributed by atoms with Crippen molar-refractivity contribution in [2.45, 2.75) is 0 Å². The highest BCUT2D eigenvalue weighted by Crippen LogP contribution is 2.49. The molecule has 0 N–H and O–H groups in total. The van der Waals surface area contributed by atoms with E-state index in [1.807, 2.05) is 36.4 Å². The second kappa shape index (κ2) is 3.81. The highest BCUT2D eigenvalue weighted by molar-refractivity contribution is 6.05. The third-order valence-electron chi connectivity index (χ3n) is 3.56. The van der Waals surface area contributed by atoms with Crippen LogP contribution in [0.3, 0.4) is 0 Å². The molecule has 0 aromatic heterocycles. The zero-order valence-corrected chi connectivity index (χ0v) is 10.4. The van der Waals surface area contributed by atoms with Gasteiger partial charge in [-0.2, -0.15) is 0 Å². The lowest BCUT2D eigenvalue weighted by Crippen LogP contribution is -2.00. The predicted octanol–water partition coefficient (Wildman–Crippen LogP) is 4.52. The maximum absolute atomic E-state index is 11.3. The molecule has 0 amide bonds. The van der Waals surface area contributed by atoms with Gasteiger partial charge < -0.3 is 4.74 Å². The van der Waals surface area contributed by atoms with Crippen molar-refractivity contribution in [3.05, 3.63) is 64.7 Å². The molecular formula is C16H9NO3. The summed E-state index contributed by atoms with van der Waals surface area (Å²) >= 11 is 0. The molecule has 0 radical (unpaired) electrons. The smallest absolute Gasteiger partial charge is 0.280 e. The Kier molecular flexibility index (Phi) is 2.09. The van der Waals surface area contributed by atoms with Crippen molar-refractivity contribution in [2.24, 2.45) is 0 Å². The van der Waals surface area contributed by atoms with Gasteiger partial charge in [-0.15, -0.1) is 0 Å². The first-order valence-corrected chi connectivity index (χ1v) is 6.23. The van der Waals surface area contributed by atoms with E-state index in [2.05, 4.69) is 0 Å². The fourth-order valence-corrected chi connectivity index (χ4v) is 2.75. The molecule has 0 saturated heterocycles. The van der Waals surface area contributed by atoms with Crippen molar-refractivity contribution in [3.63, 3.8) is 0 Å². The summed E-state index contributed by atoms with van der Waals surface area (Å²) in [5.74, 6) is 1.27. The Bertz CT molecular complexity index is 865. The van der Waals surface area contributed by atoms with Gasteiger partial charge in [0.1, 0.15) is 17.1 Å². The fraction of sp³-hybridized carbons (Fsp3) is 0. The topological polar surface area (TPSA) is 52.4 Å². The lowest BCUT2D eigenvalue weighted by atomic mass is 9.94. The van der Waals surface area contributed by atoms with Crippen LogP contribution in [0.15, 0.2) is 54.6 Å². The number of hydrogen-bond donors (Lipinski definition) is 0. The molecule has 20 heavy (non-hydrogen) atoms. The third-order valence-corrected chi connectivity index (χ3v) is 3.56. The van der Waals surface area contributed by atoms with Gasteiger partial charge in [-0.1, -0.05) is 36.4 Å². The summed E-state index contributed by atoms with van der Waals surface area (Å²) in [5.41, 5.74) is 1.48. The van der Waals surface area contributed by atoms with E-state index in [9.17, 15) is 10.1 Å². The summed E-state index contributed by atoms with van der Waals surface area (Å²) in [7, 11) is 0. The van der Waals surface area contributed by atoms with Crippen LogP contribution in [0.5, 0.6) is 11.5 Å². The van der Waals surface area contributed by atoms with Crippen molar-refractivity contribution in [1.29, 1.82) is 0 Å². The summed E-state index contributed by atoms with van der Waals surface area (Å²) in [6.07, 6.45) is 0. The van der Waals surface area contributed by atoms with Crippen LogP contribution in [0.25, 0.3) is 21.9 Å². The molecular weight excluding hydrogens is 254 g/mol. The van der Waals surface area contributed by atoms with Gasteiger partial charge in [0.05, 0.1) is 4.92 Å². The molecule has 1 aliphatic heterocycles. The highest BCUT2D eigenvalue weighted by Gasteiger charge is 2.26. The van der Waals surface area contributed by atoms with E-state index in [4.69, 9.17) is 4.74 Å². The second-order valence-corrected chi connectivity index (χ2v) is 4.67. The van der Waals surface area contributed by atoms with Gasteiger partial charge in [-0.3, -0.25) is 10.1 Å². The van der Waals surface area contributed by atoms with Crippen molar-refractivity contribution in [1.82, 2.24) is 0 Å². The van der Waals surface area contributed by atoms with Gasteiger partial charge >= 0.3 is 0 Å².